The van der Waals surface area contributed by atoms with Crippen LogP contribution in [0.25, 0.3) is 34.5 Å². The predicted octanol–water partition coefficient (Wildman–Crippen LogP) is 6.98. The molecule has 0 saturated carbocycles. The van der Waals surface area contributed by atoms with Crippen molar-refractivity contribution in [2.24, 2.45) is 7.05 Å². The quantitative estimate of drug-likeness (QED) is 0.275. The van der Waals surface area contributed by atoms with Gasteiger partial charge in [0.25, 0.3) is 0 Å². The van der Waals surface area contributed by atoms with Crippen LogP contribution in [0.5, 0.6) is 0 Å². The number of pyridine rings is 1. The topological polar surface area (TPSA) is 7.12 Å². The Balaban J connectivity index is 1.79. The fraction of sp³-hybridized carbons (Fsp3) is 0.107. The van der Waals surface area contributed by atoms with Crippen LogP contribution >= 0.6 is 15.9 Å². The molecule has 0 saturated heterocycles. The van der Waals surface area contributed by atoms with Gasteiger partial charge >= 0.3 is 0 Å². The van der Waals surface area contributed by atoms with Crippen LogP contribution in [-0.2, 0) is 7.05 Å². The van der Waals surface area contributed by atoms with E-state index in [0.717, 1.165) is 38.1 Å². The molecule has 0 atom stereocenters. The van der Waals surface area contributed by atoms with Crippen LogP contribution in [0.4, 0.5) is 10.1 Å². The number of halogens is 2. The first-order valence-corrected chi connectivity index (χ1v) is 11.2. The predicted molar refractivity (Wildman–Crippen MR) is 136 cm³/mol. The van der Waals surface area contributed by atoms with Crippen molar-refractivity contribution in [3.05, 3.63) is 106 Å². The minimum atomic E-state index is -0.232. The molecule has 0 spiro atoms. The maximum Gasteiger partial charge on any atom is 0.213 e. The Kier molecular flexibility index (Phi) is 6.52. The molecule has 0 aliphatic carbocycles. The largest absolute Gasteiger partial charge is 0.378 e. The van der Waals surface area contributed by atoms with E-state index < -0.39 is 0 Å². The van der Waals surface area contributed by atoms with Crippen molar-refractivity contribution < 1.29 is 8.96 Å². The van der Waals surface area contributed by atoms with Crippen molar-refractivity contribution >= 4 is 33.8 Å². The van der Waals surface area contributed by atoms with Crippen molar-refractivity contribution in [2.75, 3.05) is 19.0 Å². The molecule has 4 rings (SSSR count). The van der Waals surface area contributed by atoms with Gasteiger partial charge < -0.3 is 4.90 Å². The van der Waals surface area contributed by atoms with Gasteiger partial charge in [-0.25, -0.2) is 4.39 Å². The SMILES string of the molecule is CN(C)c1ccc(/C=C/c2cc(-c3ccc(F)cc3)cc(-c3ccc(Br)cc3)[n+]2C)cc1. The molecule has 0 fully saturated rings. The number of benzene rings is 3. The molecule has 1 heterocycles. The molecular formula is C28H25BrFN2+. The van der Waals surface area contributed by atoms with E-state index in [1.165, 1.54) is 17.8 Å². The average molecular weight is 488 g/mol. The highest BCUT2D eigenvalue weighted by atomic mass is 79.9. The maximum absolute atomic E-state index is 13.5. The van der Waals surface area contributed by atoms with Crippen LogP contribution in [0, 0.1) is 5.82 Å². The molecule has 0 N–H and O–H groups in total. The highest BCUT2D eigenvalue weighted by molar-refractivity contribution is 9.10. The molecule has 2 nitrogen and oxygen atoms in total. The Labute approximate surface area is 197 Å². The zero-order valence-electron chi connectivity index (χ0n) is 18.4. The molecule has 32 heavy (non-hydrogen) atoms. The first kappa shape index (κ1) is 22.0. The van der Waals surface area contributed by atoms with Gasteiger partial charge in [-0.2, -0.15) is 4.57 Å². The highest BCUT2D eigenvalue weighted by Crippen LogP contribution is 2.27. The summed E-state index contributed by atoms with van der Waals surface area (Å²) in [6.07, 6.45) is 4.24. The Bertz CT molecular complexity index is 1240. The van der Waals surface area contributed by atoms with Crippen LogP contribution in [0.15, 0.2) is 89.4 Å². The monoisotopic (exact) mass is 487 g/mol. The summed E-state index contributed by atoms with van der Waals surface area (Å²) in [5, 5.41) is 0. The third kappa shape index (κ3) is 4.97. The van der Waals surface area contributed by atoms with E-state index in [1.54, 1.807) is 0 Å². The van der Waals surface area contributed by atoms with Gasteiger partial charge in [-0.05, 0) is 71.3 Å². The van der Waals surface area contributed by atoms with Crippen LogP contribution in [-0.4, -0.2) is 14.1 Å². The van der Waals surface area contributed by atoms with Gasteiger partial charge in [-0.1, -0.05) is 40.2 Å². The summed E-state index contributed by atoms with van der Waals surface area (Å²) in [4.78, 5) is 2.09. The molecule has 0 unspecified atom stereocenters. The lowest BCUT2D eigenvalue weighted by Gasteiger charge is -2.11. The third-order valence-corrected chi connectivity index (χ3v) is 6.05. The normalized spacial score (nSPS) is 11.2. The standard InChI is InChI=1S/C28H25BrFN2/c1-31(2)26-15-4-20(5-16-26)6-17-27-18-23(21-9-13-25(30)14-10-21)19-28(32(27)3)22-7-11-24(29)12-8-22/h4-19H,1-3H3/q+1. The van der Waals surface area contributed by atoms with Crippen molar-refractivity contribution in [3.63, 3.8) is 0 Å². The zero-order chi connectivity index (χ0) is 22.7. The first-order chi connectivity index (χ1) is 15.4. The lowest BCUT2D eigenvalue weighted by molar-refractivity contribution is -0.662. The van der Waals surface area contributed by atoms with Crippen LogP contribution in [0.2, 0.25) is 0 Å². The van der Waals surface area contributed by atoms with E-state index in [2.05, 4.69) is 93.1 Å². The average Bonchev–Trinajstić information content (AvgIpc) is 2.80. The van der Waals surface area contributed by atoms with Crippen molar-refractivity contribution in [1.82, 2.24) is 0 Å². The lowest BCUT2D eigenvalue weighted by Crippen LogP contribution is -2.34. The summed E-state index contributed by atoms with van der Waals surface area (Å²) in [5.74, 6) is -0.232. The van der Waals surface area contributed by atoms with E-state index in [9.17, 15) is 4.39 Å². The Hall–Kier alpha value is -3.24. The second-order valence-corrected chi connectivity index (χ2v) is 8.86. The molecule has 0 radical (unpaired) electrons. The summed E-state index contributed by atoms with van der Waals surface area (Å²) < 4.78 is 16.7. The van der Waals surface area contributed by atoms with Gasteiger partial charge in [0.2, 0.25) is 11.4 Å². The van der Waals surface area contributed by atoms with Crippen molar-refractivity contribution in [2.45, 2.75) is 0 Å². The molecule has 3 aromatic carbocycles. The fourth-order valence-corrected chi connectivity index (χ4v) is 3.88. The van der Waals surface area contributed by atoms with Gasteiger partial charge in [-0.3, -0.25) is 0 Å². The Morgan fingerprint density at radius 3 is 2.00 bits per heavy atom. The smallest absolute Gasteiger partial charge is 0.213 e. The number of hydrogen-bond donors (Lipinski definition) is 0. The summed E-state index contributed by atoms with van der Waals surface area (Å²) in [5.41, 5.74) is 7.59. The van der Waals surface area contributed by atoms with Crippen molar-refractivity contribution in [1.29, 1.82) is 0 Å². The van der Waals surface area contributed by atoms with Crippen molar-refractivity contribution in [3.8, 4) is 22.4 Å². The molecule has 1 aromatic heterocycles. The maximum atomic E-state index is 13.5. The molecule has 0 amide bonds. The van der Waals surface area contributed by atoms with E-state index >= 15 is 0 Å². The van der Waals surface area contributed by atoms with Gasteiger partial charge in [0, 0.05) is 48.0 Å². The summed E-state index contributed by atoms with van der Waals surface area (Å²) >= 11 is 3.52. The second kappa shape index (κ2) is 9.49. The van der Waals surface area contributed by atoms with Gasteiger partial charge in [0.05, 0.1) is 0 Å². The molecule has 160 valence electrons. The summed E-state index contributed by atoms with van der Waals surface area (Å²) in [6.45, 7) is 0. The molecule has 0 bridgehead atoms. The zero-order valence-corrected chi connectivity index (χ0v) is 20.0. The Morgan fingerprint density at radius 1 is 0.750 bits per heavy atom. The van der Waals surface area contributed by atoms with E-state index in [4.69, 9.17) is 0 Å². The molecule has 0 aliphatic rings. The number of anilines is 1. The van der Waals surface area contributed by atoms with E-state index in [1.807, 2.05) is 38.4 Å². The van der Waals surface area contributed by atoms with Crippen LogP contribution < -0.4 is 9.47 Å². The van der Waals surface area contributed by atoms with Crippen LogP contribution in [0.1, 0.15) is 11.3 Å². The van der Waals surface area contributed by atoms with Gasteiger partial charge in [0.15, 0.2) is 0 Å². The summed E-state index contributed by atoms with van der Waals surface area (Å²) in [6, 6.07) is 27.7. The van der Waals surface area contributed by atoms with Gasteiger partial charge in [-0.15, -0.1) is 0 Å². The molecule has 4 aromatic rings. The fourth-order valence-electron chi connectivity index (χ4n) is 3.61. The minimum Gasteiger partial charge on any atom is -0.378 e. The number of rotatable bonds is 5. The van der Waals surface area contributed by atoms with E-state index in [0.29, 0.717) is 0 Å². The summed E-state index contributed by atoms with van der Waals surface area (Å²) in [7, 11) is 6.14. The lowest BCUT2D eigenvalue weighted by atomic mass is 10.0. The molecular weight excluding hydrogens is 463 g/mol. The second-order valence-electron chi connectivity index (χ2n) is 7.95. The Morgan fingerprint density at radius 2 is 1.38 bits per heavy atom. The number of nitrogens with zero attached hydrogens (tertiary/aromatic N) is 2. The van der Waals surface area contributed by atoms with Crippen LogP contribution in [0.3, 0.4) is 0 Å². The first-order valence-electron chi connectivity index (χ1n) is 10.4. The third-order valence-electron chi connectivity index (χ3n) is 5.52. The van der Waals surface area contributed by atoms with E-state index in [-0.39, 0.29) is 5.82 Å². The number of aromatic nitrogens is 1. The number of hydrogen-bond acceptors (Lipinski definition) is 1. The minimum absolute atomic E-state index is 0.232. The molecule has 0 aliphatic heterocycles. The highest BCUT2D eigenvalue weighted by Gasteiger charge is 2.17. The van der Waals surface area contributed by atoms with Gasteiger partial charge in [0.1, 0.15) is 12.9 Å². The molecule has 4 heteroatoms.